The van der Waals surface area contributed by atoms with Crippen molar-refractivity contribution in [2.75, 3.05) is 7.11 Å². The predicted molar refractivity (Wildman–Crippen MR) is 63.6 cm³/mol. The molecule has 0 saturated carbocycles. The Hall–Kier alpha value is -1.83. The Morgan fingerprint density at radius 1 is 1.12 bits per heavy atom. The van der Waals surface area contributed by atoms with Gasteiger partial charge in [-0.3, -0.25) is 4.79 Å². The van der Waals surface area contributed by atoms with Crippen molar-refractivity contribution in [3.05, 3.63) is 54.1 Å². The molecule has 0 aliphatic heterocycles. The Balaban J connectivity index is 2.39. The molecule has 2 nitrogen and oxygen atoms in total. The van der Waals surface area contributed by atoms with Gasteiger partial charge in [0, 0.05) is 0 Å². The van der Waals surface area contributed by atoms with Gasteiger partial charge >= 0.3 is 0 Å². The van der Waals surface area contributed by atoms with Crippen LogP contribution in [0, 0.1) is 0 Å². The molecule has 0 spiro atoms. The van der Waals surface area contributed by atoms with Gasteiger partial charge in [0.15, 0.2) is 5.78 Å². The molecule has 0 bridgehead atoms. The first-order valence-corrected chi connectivity index (χ1v) is 5.22. The topological polar surface area (TPSA) is 26.3 Å². The molecular weight excluding hydrogens is 200 g/mol. The summed E-state index contributed by atoms with van der Waals surface area (Å²) >= 11 is 0. The van der Waals surface area contributed by atoms with E-state index in [0.717, 1.165) is 11.3 Å². The zero-order valence-electron chi connectivity index (χ0n) is 9.44. The van der Waals surface area contributed by atoms with E-state index in [9.17, 15) is 4.79 Å². The monoisotopic (exact) mass is 214 g/mol. The van der Waals surface area contributed by atoms with Crippen LogP contribution in [-0.4, -0.2) is 12.9 Å². The summed E-state index contributed by atoms with van der Waals surface area (Å²) in [5.41, 5.74) is 0.444. The number of rotatable bonds is 2. The molecule has 2 rings (SSSR count). The van der Waals surface area contributed by atoms with E-state index in [1.54, 1.807) is 19.3 Å². The van der Waals surface area contributed by atoms with Crippen LogP contribution in [-0.2, 0) is 10.2 Å². The molecule has 1 aromatic carbocycles. The van der Waals surface area contributed by atoms with Crippen molar-refractivity contribution in [3.63, 3.8) is 0 Å². The third-order valence-corrected chi connectivity index (χ3v) is 2.99. The van der Waals surface area contributed by atoms with Crippen LogP contribution in [0.3, 0.4) is 0 Å². The molecule has 1 aliphatic carbocycles. The molecule has 0 aromatic heterocycles. The van der Waals surface area contributed by atoms with Gasteiger partial charge in [0.25, 0.3) is 0 Å². The number of ether oxygens (including phenoxy) is 1. The van der Waals surface area contributed by atoms with E-state index in [-0.39, 0.29) is 5.78 Å². The lowest BCUT2D eigenvalue weighted by atomic mass is 9.76. The van der Waals surface area contributed by atoms with Gasteiger partial charge in [0.2, 0.25) is 0 Å². The molecule has 16 heavy (non-hydrogen) atoms. The van der Waals surface area contributed by atoms with Crippen LogP contribution in [0.1, 0.15) is 12.5 Å². The molecule has 0 fully saturated rings. The third-order valence-electron chi connectivity index (χ3n) is 2.99. The van der Waals surface area contributed by atoms with Gasteiger partial charge in [-0.2, -0.15) is 0 Å². The summed E-state index contributed by atoms with van der Waals surface area (Å²) in [5, 5.41) is 0. The van der Waals surface area contributed by atoms with Gasteiger partial charge in [0.05, 0.1) is 12.5 Å². The molecule has 0 radical (unpaired) electrons. The summed E-state index contributed by atoms with van der Waals surface area (Å²) < 4.78 is 5.10. The fraction of sp³-hybridized carbons (Fsp3) is 0.214. The second-order valence-corrected chi connectivity index (χ2v) is 4.01. The normalized spacial score (nSPS) is 23.5. The standard InChI is InChI=1S/C14H14O2/c1-14(10-4-3-5-13(14)15)11-6-8-12(16-2)9-7-11/h3-10H,1-2H3. The molecule has 1 atom stereocenters. The van der Waals surface area contributed by atoms with E-state index in [4.69, 9.17) is 4.74 Å². The van der Waals surface area contributed by atoms with E-state index in [1.807, 2.05) is 43.3 Å². The zero-order valence-corrected chi connectivity index (χ0v) is 9.44. The fourth-order valence-electron chi connectivity index (χ4n) is 1.82. The number of carbonyl (C=O) groups excluding carboxylic acids is 1. The Morgan fingerprint density at radius 2 is 1.81 bits per heavy atom. The number of benzene rings is 1. The maximum absolute atomic E-state index is 11.9. The van der Waals surface area contributed by atoms with Crippen LogP contribution in [0.25, 0.3) is 0 Å². The van der Waals surface area contributed by atoms with E-state index in [0.29, 0.717) is 0 Å². The summed E-state index contributed by atoms with van der Waals surface area (Å²) in [5.74, 6) is 0.912. The first-order valence-electron chi connectivity index (χ1n) is 5.22. The van der Waals surface area contributed by atoms with Crippen molar-refractivity contribution in [3.8, 4) is 5.75 Å². The van der Waals surface area contributed by atoms with Gasteiger partial charge in [-0.05, 0) is 30.7 Å². The average molecular weight is 214 g/mol. The molecular formula is C14H14O2. The number of methoxy groups -OCH3 is 1. The second kappa shape index (κ2) is 3.97. The van der Waals surface area contributed by atoms with Crippen molar-refractivity contribution in [2.45, 2.75) is 12.3 Å². The van der Waals surface area contributed by atoms with Crippen LogP contribution in [0.4, 0.5) is 0 Å². The Morgan fingerprint density at radius 3 is 2.38 bits per heavy atom. The molecule has 1 aliphatic rings. The quantitative estimate of drug-likeness (QED) is 0.756. The lowest BCUT2D eigenvalue weighted by Crippen LogP contribution is -2.30. The van der Waals surface area contributed by atoms with Crippen molar-refractivity contribution in [1.82, 2.24) is 0 Å². The lowest BCUT2D eigenvalue weighted by Gasteiger charge is -2.25. The van der Waals surface area contributed by atoms with Crippen LogP contribution in [0.15, 0.2) is 48.6 Å². The minimum Gasteiger partial charge on any atom is -0.497 e. The summed E-state index contributed by atoms with van der Waals surface area (Å²) in [4.78, 5) is 11.9. The number of carbonyl (C=O) groups is 1. The van der Waals surface area contributed by atoms with Crippen LogP contribution >= 0.6 is 0 Å². The van der Waals surface area contributed by atoms with Gasteiger partial charge in [-0.15, -0.1) is 0 Å². The predicted octanol–water partition coefficient (Wildman–Crippen LogP) is 2.65. The van der Waals surface area contributed by atoms with Gasteiger partial charge in [0.1, 0.15) is 5.75 Å². The molecule has 1 unspecified atom stereocenters. The van der Waals surface area contributed by atoms with Crippen molar-refractivity contribution < 1.29 is 9.53 Å². The highest BCUT2D eigenvalue weighted by molar-refractivity contribution is 6.01. The Bertz CT molecular complexity index is 454. The van der Waals surface area contributed by atoms with Gasteiger partial charge < -0.3 is 4.74 Å². The molecule has 82 valence electrons. The minimum atomic E-state index is -0.541. The average Bonchev–Trinajstić information content (AvgIpc) is 2.33. The first-order chi connectivity index (χ1) is 7.66. The fourth-order valence-corrected chi connectivity index (χ4v) is 1.82. The van der Waals surface area contributed by atoms with E-state index in [1.165, 1.54) is 0 Å². The maximum atomic E-state index is 11.9. The summed E-state index contributed by atoms with van der Waals surface area (Å²) in [7, 11) is 1.63. The molecule has 1 aromatic rings. The third kappa shape index (κ3) is 1.67. The number of hydrogen-bond donors (Lipinski definition) is 0. The minimum absolute atomic E-state index is 0.111. The number of hydrogen-bond acceptors (Lipinski definition) is 2. The second-order valence-electron chi connectivity index (χ2n) is 4.01. The summed E-state index contributed by atoms with van der Waals surface area (Å²) in [6, 6.07) is 7.61. The highest BCUT2D eigenvalue weighted by Crippen LogP contribution is 2.30. The highest BCUT2D eigenvalue weighted by atomic mass is 16.5. The van der Waals surface area contributed by atoms with Gasteiger partial charge in [-0.25, -0.2) is 0 Å². The lowest BCUT2D eigenvalue weighted by molar-refractivity contribution is -0.118. The summed E-state index contributed by atoms with van der Waals surface area (Å²) in [6.45, 7) is 1.93. The Kier molecular flexibility index (Phi) is 2.65. The molecule has 2 heteroatoms. The van der Waals surface area contributed by atoms with Crippen LogP contribution < -0.4 is 4.74 Å². The summed E-state index contributed by atoms with van der Waals surface area (Å²) in [6.07, 6.45) is 7.22. The van der Waals surface area contributed by atoms with Crippen LogP contribution in [0.2, 0.25) is 0 Å². The maximum Gasteiger partial charge on any atom is 0.169 e. The van der Waals surface area contributed by atoms with Crippen molar-refractivity contribution >= 4 is 5.78 Å². The molecule has 0 heterocycles. The smallest absolute Gasteiger partial charge is 0.169 e. The SMILES string of the molecule is COc1ccc(C2(C)C=CC=CC2=O)cc1. The number of allylic oxidation sites excluding steroid dienone is 4. The highest BCUT2D eigenvalue weighted by Gasteiger charge is 2.31. The van der Waals surface area contributed by atoms with E-state index in [2.05, 4.69) is 0 Å². The molecule has 0 saturated heterocycles. The largest absolute Gasteiger partial charge is 0.497 e. The van der Waals surface area contributed by atoms with E-state index >= 15 is 0 Å². The first kappa shape index (κ1) is 10.7. The van der Waals surface area contributed by atoms with E-state index < -0.39 is 5.41 Å². The Labute approximate surface area is 95.2 Å². The van der Waals surface area contributed by atoms with Crippen molar-refractivity contribution in [2.24, 2.45) is 0 Å². The number of ketones is 1. The van der Waals surface area contributed by atoms with Gasteiger partial charge in [-0.1, -0.05) is 30.4 Å². The van der Waals surface area contributed by atoms with Crippen LogP contribution in [0.5, 0.6) is 5.75 Å². The zero-order chi connectivity index (χ0) is 11.6. The molecule has 0 N–H and O–H groups in total. The molecule has 0 amide bonds. The van der Waals surface area contributed by atoms with Crippen molar-refractivity contribution in [1.29, 1.82) is 0 Å².